The summed E-state index contributed by atoms with van der Waals surface area (Å²) in [6.45, 7) is 5.30. The molecule has 0 aliphatic heterocycles. The largest absolute Gasteiger partial charge is 0.492 e. The molecular weight excluding hydrogens is 264 g/mol. The highest BCUT2D eigenvalue weighted by molar-refractivity contribution is 7.91. The minimum Gasteiger partial charge on any atom is -0.492 e. The Morgan fingerprint density at radius 2 is 1.89 bits per heavy atom. The summed E-state index contributed by atoms with van der Waals surface area (Å²) < 4.78 is 28.8. The van der Waals surface area contributed by atoms with Gasteiger partial charge in [0.1, 0.15) is 12.4 Å². The predicted molar refractivity (Wildman–Crippen MR) is 76.1 cm³/mol. The van der Waals surface area contributed by atoms with E-state index in [-0.39, 0.29) is 12.4 Å². The second kappa shape index (κ2) is 6.91. The molecule has 4 nitrogen and oxygen atoms in total. The van der Waals surface area contributed by atoms with E-state index in [2.05, 4.69) is 0 Å². The van der Waals surface area contributed by atoms with Gasteiger partial charge in [-0.3, -0.25) is 0 Å². The highest BCUT2D eigenvalue weighted by atomic mass is 32.2. The summed E-state index contributed by atoms with van der Waals surface area (Å²) in [4.78, 5) is 0. The maximum Gasteiger partial charge on any atom is 0.155 e. The van der Waals surface area contributed by atoms with Crippen LogP contribution in [0.25, 0.3) is 0 Å². The molecule has 0 aliphatic carbocycles. The van der Waals surface area contributed by atoms with Crippen LogP contribution in [0.15, 0.2) is 24.3 Å². The van der Waals surface area contributed by atoms with Gasteiger partial charge in [-0.05, 0) is 26.3 Å². The third-order valence-electron chi connectivity index (χ3n) is 3.01. The van der Waals surface area contributed by atoms with Crippen molar-refractivity contribution in [2.24, 2.45) is 0 Å². The number of benzene rings is 1. The van der Waals surface area contributed by atoms with E-state index in [1.807, 2.05) is 13.0 Å². The SMILES string of the molecule is CC[C@H](O)c1ccccc1OCCS(=O)(=O)C(C)C. The standard InChI is InChI=1S/C14H22O4S/c1-4-13(15)12-7-5-6-8-14(12)18-9-10-19(16,17)11(2)3/h5-8,11,13,15H,4,9-10H2,1-3H3/t13-/m0/s1. The summed E-state index contributed by atoms with van der Waals surface area (Å²) >= 11 is 0. The number of hydrogen-bond acceptors (Lipinski definition) is 4. The van der Waals surface area contributed by atoms with Gasteiger partial charge in [-0.25, -0.2) is 8.42 Å². The molecule has 19 heavy (non-hydrogen) atoms. The fourth-order valence-electron chi connectivity index (χ4n) is 1.61. The molecular formula is C14H22O4S. The molecule has 0 radical (unpaired) electrons. The molecule has 0 heterocycles. The second-order valence-corrected chi connectivity index (χ2v) is 7.40. The molecule has 108 valence electrons. The Hall–Kier alpha value is -1.07. The number of aliphatic hydroxyl groups excluding tert-OH is 1. The van der Waals surface area contributed by atoms with Crippen LogP contribution in [-0.2, 0) is 9.84 Å². The summed E-state index contributed by atoms with van der Waals surface area (Å²) in [6.07, 6.45) is 0.00269. The lowest BCUT2D eigenvalue weighted by molar-refractivity contribution is 0.168. The Morgan fingerprint density at radius 3 is 2.47 bits per heavy atom. The minimum atomic E-state index is -3.09. The molecule has 1 N–H and O–H groups in total. The maximum absolute atomic E-state index is 11.7. The fraction of sp³-hybridized carbons (Fsp3) is 0.571. The van der Waals surface area contributed by atoms with E-state index in [0.717, 1.165) is 0 Å². The Balaban J connectivity index is 2.69. The molecule has 0 saturated carbocycles. The van der Waals surface area contributed by atoms with Crippen LogP contribution in [0.4, 0.5) is 0 Å². The average molecular weight is 286 g/mol. The van der Waals surface area contributed by atoms with Crippen LogP contribution in [0.1, 0.15) is 38.9 Å². The van der Waals surface area contributed by atoms with E-state index >= 15 is 0 Å². The van der Waals surface area contributed by atoms with Gasteiger partial charge in [0.05, 0.1) is 17.1 Å². The number of ether oxygens (including phenoxy) is 1. The highest BCUT2D eigenvalue weighted by Gasteiger charge is 2.17. The molecule has 0 unspecified atom stereocenters. The quantitative estimate of drug-likeness (QED) is 0.835. The number of rotatable bonds is 7. The number of para-hydroxylation sites is 1. The molecule has 1 atom stereocenters. The minimum absolute atomic E-state index is 0.0127. The lowest BCUT2D eigenvalue weighted by atomic mass is 10.1. The van der Waals surface area contributed by atoms with Crippen LogP contribution in [-0.4, -0.2) is 31.1 Å². The molecule has 0 spiro atoms. The molecule has 1 aromatic carbocycles. The van der Waals surface area contributed by atoms with Gasteiger partial charge in [-0.15, -0.1) is 0 Å². The van der Waals surface area contributed by atoms with Crippen molar-refractivity contribution in [3.8, 4) is 5.75 Å². The Morgan fingerprint density at radius 1 is 1.26 bits per heavy atom. The van der Waals surface area contributed by atoms with Crippen LogP contribution < -0.4 is 4.74 Å². The van der Waals surface area contributed by atoms with E-state index in [1.54, 1.807) is 32.0 Å². The van der Waals surface area contributed by atoms with Crippen molar-refractivity contribution in [2.75, 3.05) is 12.4 Å². The van der Waals surface area contributed by atoms with Crippen molar-refractivity contribution in [2.45, 2.75) is 38.5 Å². The van der Waals surface area contributed by atoms with Crippen LogP contribution in [0.5, 0.6) is 5.75 Å². The third-order valence-corrected chi connectivity index (χ3v) is 5.18. The van der Waals surface area contributed by atoms with Gasteiger partial charge in [0.2, 0.25) is 0 Å². The van der Waals surface area contributed by atoms with Crippen molar-refractivity contribution in [1.29, 1.82) is 0 Å². The van der Waals surface area contributed by atoms with Gasteiger partial charge in [0.25, 0.3) is 0 Å². The number of sulfone groups is 1. The van der Waals surface area contributed by atoms with Gasteiger partial charge in [-0.2, -0.15) is 0 Å². The first kappa shape index (κ1) is 16.0. The first-order chi connectivity index (χ1) is 8.88. The van der Waals surface area contributed by atoms with E-state index in [9.17, 15) is 13.5 Å². The second-order valence-electron chi connectivity index (χ2n) is 4.73. The molecule has 1 rings (SSSR count). The third kappa shape index (κ3) is 4.51. The van der Waals surface area contributed by atoms with Crippen molar-refractivity contribution in [3.05, 3.63) is 29.8 Å². The number of aliphatic hydroxyl groups is 1. The lowest BCUT2D eigenvalue weighted by Gasteiger charge is -2.15. The Labute approximate surface area is 115 Å². The average Bonchev–Trinajstić information content (AvgIpc) is 2.38. The van der Waals surface area contributed by atoms with Crippen LogP contribution in [0, 0.1) is 0 Å². The summed E-state index contributed by atoms with van der Waals surface area (Å²) in [6, 6.07) is 7.17. The number of hydrogen-bond donors (Lipinski definition) is 1. The summed E-state index contributed by atoms with van der Waals surface area (Å²) in [5, 5.41) is 9.46. The molecule has 0 aromatic heterocycles. The normalized spacial score (nSPS) is 13.5. The van der Waals surface area contributed by atoms with Crippen molar-refractivity contribution < 1.29 is 18.3 Å². The zero-order valence-electron chi connectivity index (χ0n) is 11.7. The fourth-order valence-corrected chi connectivity index (χ4v) is 2.40. The van der Waals surface area contributed by atoms with Crippen LogP contribution in [0.2, 0.25) is 0 Å². The van der Waals surface area contributed by atoms with Crippen LogP contribution >= 0.6 is 0 Å². The Kier molecular flexibility index (Phi) is 5.82. The maximum atomic E-state index is 11.7. The van der Waals surface area contributed by atoms with Crippen LogP contribution in [0.3, 0.4) is 0 Å². The van der Waals surface area contributed by atoms with E-state index < -0.39 is 21.2 Å². The van der Waals surface area contributed by atoms with E-state index in [1.165, 1.54) is 0 Å². The highest BCUT2D eigenvalue weighted by Crippen LogP contribution is 2.26. The Bertz CT molecular complexity index is 494. The van der Waals surface area contributed by atoms with Crippen molar-refractivity contribution >= 4 is 9.84 Å². The molecule has 1 aromatic rings. The lowest BCUT2D eigenvalue weighted by Crippen LogP contribution is -2.22. The molecule has 0 amide bonds. The summed E-state index contributed by atoms with van der Waals surface area (Å²) in [5.41, 5.74) is 0.701. The first-order valence-electron chi connectivity index (χ1n) is 6.49. The molecule has 0 fully saturated rings. The van der Waals surface area contributed by atoms with Gasteiger partial charge in [0, 0.05) is 5.56 Å². The zero-order valence-corrected chi connectivity index (χ0v) is 12.5. The molecule has 5 heteroatoms. The topological polar surface area (TPSA) is 63.6 Å². The summed E-state index contributed by atoms with van der Waals surface area (Å²) in [5.74, 6) is 0.539. The van der Waals surface area contributed by atoms with Gasteiger partial charge in [-0.1, -0.05) is 25.1 Å². The smallest absolute Gasteiger partial charge is 0.155 e. The monoisotopic (exact) mass is 286 g/mol. The molecule has 0 aliphatic rings. The van der Waals surface area contributed by atoms with Crippen molar-refractivity contribution in [1.82, 2.24) is 0 Å². The van der Waals surface area contributed by atoms with Gasteiger partial charge in [0.15, 0.2) is 9.84 Å². The van der Waals surface area contributed by atoms with Crippen molar-refractivity contribution in [3.63, 3.8) is 0 Å². The molecule has 0 saturated heterocycles. The summed E-state index contributed by atoms with van der Waals surface area (Å²) in [7, 11) is -3.09. The van der Waals surface area contributed by atoms with E-state index in [4.69, 9.17) is 4.74 Å². The van der Waals surface area contributed by atoms with E-state index in [0.29, 0.717) is 17.7 Å². The van der Waals surface area contributed by atoms with Gasteiger partial charge >= 0.3 is 0 Å². The predicted octanol–water partition coefficient (Wildman–Crippen LogP) is 2.33. The first-order valence-corrected chi connectivity index (χ1v) is 8.21. The van der Waals surface area contributed by atoms with Gasteiger partial charge < -0.3 is 9.84 Å². The molecule has 0 bridgehead atoms. The zero-order chi connectivity index (χ0) is 14.5.